The monoisotopic (exact) mass is 228 g/mol. The first-order chi connectivity index (χ1) is 7.16. The van der Waals surface area contributed by atoms with E-state index in [0.717, 1.165) is 25.9 Å². The molecule has 0 radical (unpaired) electrons. The fraction of sp³-hybridized carbons (Fsp3) is 0.556. The minimum Gasteiger partial charge on any atom is -0.382 e. The number of likely N-dealkylation sites (tertiary alicyclic amines) is 1. The average molecular weight is 229 g/mol. The van der Waals surface area contributed by atoms with Crippen LogP contribution in [0.1, 0.15) is 12.8 Å². The number of hydrogen-bond acceptors (Lipinski definition) is 3. The first-order valence-electron chi connectivity index (χ1n) is 4.93. The molecular formula is C9H13ClN4O. The van der Waals surface area contributed by atoms with Crippen LogP contribution in [0.4, 0.5) is 5.82 Å². The number of amides is 1. The van der Waals surface area contributed by atoms with Crippen molar-refractivity contribution < 1.29 is 4.79 Å². The Bertz CT molecular complexity index is 370. The molecule has 1 aliphatic heterocycles. The predicted octanol–water partition coefficient (Wildman–Crippen LogP) is 0.741. The lowest BCUT2D eigenvalue weighted by atomic mass is 10.4. The first-order valence-corrected chi connectivity index (χ1v) is 5.31. The molecule has 2 rings (SSSR count). The predicted molar refractivity (Wildman–Crippen MR) is 57.5 cm³/mol. The van der Waals surface area contributed by atoms with Gasteiger partial charge in [-0.25, -0.2) is 4.68 Å². The molecule has 0 bridgehead atoms. The van der Waals surface area contributed by atoms with Gasteiger partial charge in [-0.3, -0.25) is 4.79 Å². The van der Waals surface area contributed by atoms with Crippen LogP contribution in [0.15, 0.2) is 6.07 Å². The van der Waals surface area contributed by atoms with Crippen molar-refractivity contribution >= 4 is 23.3 Å². The fourth-order valence-electron chi connectivity index (χ4n) is 1.72. The summed E-state index contributed by atoms with van der Waals surface area (Å²) >= 11 is 5.85. The lowest BCUT2D eigenvalue weighted by Gasteiger charge is -2.15. The van der Waals surface area contributed by atoms with Crippen LogP contribution in [0.5, 0.6) is 0 Å². The van der Waals surface area contributed by atoms with E-state index >= 15 is 0 Å². The van der Waals surface area contributed by atoms with Gasteiger partial charge in [-0.1, -0.05) is 11.6 Å². The summed E-state index contributed by atoms with van der Waals surface area (Å²) < 4.78 is 1.43. The van der Waals surface area contributed by atoms with Crippen LogP contribution in [0, 0.1) is 0 Å². The van der Waals surface area contributed by atoms with E-state index in [1.165, 1.54) is 4.68 Å². The third-order valence-corrected chi connectivity index (χ3v) is 2.80. The van der Waals surface area contributed by atoms with E-state index in [1.807, 2.05) is 4.90 Å². The van der Waals surface area contributed by atoms with E-state index in [4.69, 9.17) is 17.3 Å². The molecule has 15 heavy (non-hydrogen) atoms. The van der Waals surface area contributed by atoms with Crippen LogP contribution in [-0.2, 0) is 11.3 Å². The van der Waals surface area contributed by atoms with Gasteiger partial charge in [0, 0.05) is 19.2 Å². The normalized spacial score (nSPS) is 15.9. The number of nitrogen functional groups attached to an aromatic ring is 1. The van der Waals surface area contributed by atoms with Crippen molar-refractivity contribution in [2.75, 3.05) is 18.8 Å². The highest BCUT2D eigenvalue weighted by molar-refractivity contribution is 6.29. The summed E-state index contributed by atoms with van der Waals surface area (Å²) in [5.41, 5.74) is 5.47. The molecule has 0 unspecified atom stereocenters. The molecular weight excluding hydrogens is 216 g/mol. The maximum absolute atomic E-state index is 11.7. The minimum atomic E-state index is 0.0532. The summed E-state index contributed by atoms with van der Waals surface area (Å²) in [6.07, 6.45) is 2.17. The quantitative estimate of drug-likeness (QED) is 0.812. The Morgan fingerprint density at radius 3 is 2.73 bits per heavy atom. The van der Waals surface area contributed by atoms with E-state index in [1.54, 1.807) is 6.07 Å². The minimum absolute atomic E-state index is 0.0532. The molecule has 1 aliphatic rings. The zero-order chi connectivity index (χ0) is 10.8. The maximum atomic E-state index is 11.7. The zero-order valence-corrected chi connectivity index (χ0v) is 9.07. The third-order valence-electron chi connectivity index (χ3n) is 2.49. The van der Waals surface area contributed by atoms with Gasteiger partial charge >= 0.3 is 0 Å². The second kappa shape index (κ2) is 4.10. The Kier molecular flexibility index (Phi) is 2.81. The number of carbonyl (C=O) groups is 1. The van der Waals surface area contributed by atoms with Gasteiger partial charge in [0.05, 0.1) is 0 Å². The lowest BCUT2D eigenvalue weighted by molar-refractivity contribution is -0.130. The van der Waals surface area contributed by atoms with Crippen LogP contribution in [0.2, 0.25) is 5.15 Å². The molecule has 2 heterocycles. The van der Waals surface area contributed by atoms with Crippen molar-refractivity contribution in [2.24, 2.45) is 0 Å². The molecule has 2 N–H and O–H groups in total. The summed E-state index contributed by atoms with van der Waals surface area (Å²) in [7, 11) is 0. The van der Waals surface area contributed by atoms with E-state index in [2.05, 4.69) is 5.10 Å². The molecule has 0 atom stereocenters. The highest BCUT2D eigenvalue weighted by Crippen LogP contribution is 2.14. The van der Waals surface area contributed by atoms with Crippen molar-refractivity contribution in [3.63, 3.8) is 0 Å². The number of hydrogen-bond donors (Lipinski definition) is 1. The second-order valence-corrected chi connectivity index (χ2v) is 4.02. The van der Waals surface area contributed by atoms with Crippen molar-refractivity contribution in [1.82, 2.24) is 14.7 Å². The molecule has 0 aliphatic carbocycles. The molecule has 6 heteroatoms. The second-order valence-electron chi connectivity index (χ2n) is 3.64. The zero-order valence-electron chi connectivity index (χ0n) is 8.32. The number of rotatable bonds is 2. The number of nitrogens with two attached hydrogens (primary N) is 1. The third kappa shape index (κ3) is 2.23. The van der Waals surface area contributed by atoms with Crippen LogP contribution < -0.4 is 5.73 Å². The fourth-order valence-corrected chi connectivity index (χ4v) is 1.93. The van der Waals surface area contributed by atoms with Gasteiger partial charge in [0.1, 0.15) is 17.5 Å². The Morgan fingerprint density at radius 2 is 2.20 bits per heavy atom. The van der Waals surface area contributed by atoms with Gasteiger partial charge in [0.2, 0.25) is 5.91 Å². The molecule has 1 aromatic heterocycles. The number of anilines is 1. The molecule has 5 nitrogen and oxygen atoms in total. The molecule has 1 amide bonds. The van der Waals surface area contributed by atoms with Crippen LogP contribution in [0.3, 0.4) is 0 Å². The summed E-state index contributed by atoms with van der Waals surface area (Å²) in [5.74, 6) is 0.395. The molecule has 1 saturated heterocycles. The van der Waals surface area contributed by atoms with Gasteiger partial charge in [-0.05, 0) is 12.8 Å². The molecule has 0 saturated carbocycles. The number of carbonyl (C=O) groups excluding carboxylic acids is 1. The van der Waals surface area contributed by atoms with Crippen molar-refractivity contribution in [2.45, 2.75) is 19.4 Å². The molecule has 1 aromatic rings. The summed E-state index contributed by atoms with van der Waals surface area (Å²) in [5, 5.41) is 4.34. The number of halogens is 1. The smallest absolute Gasteiger partial charge is 0.244 e. The Balaban J connectivity index is 2.01. The van der Waals surface area contributed by atoms with Crippen molar-refractivity contribution in [1.29, 1.82) is 0 Å². The van der Waals surface area contributed by atoms with E-state index in [-0.39, 0.29) is 12.5 Å². The first kappa shape index (κ1) is 10.3. The summed E-state index contributed by atoms with van der Waals surface area (Å²) in [6.45, 7) is 1.86. The average Bonchev–Trinajstić information content (AvgIpc) is 2.76. The highest BCUT2D eigenvalue weighted by Gasteiger charge is 2.19. The van der Waals surface area contributed by atoms with Crippen LogP contribution in [0.25, 0.3) is 0 Å². The van der Waals surface area contributed by atoms with Gasteiger partial charge in [0.25, 0.3) is 0 Å². The SMILES string of the molecule is Nc1cc(Cl)n(CC(=O)N2CCCC2)n1. The lowest BCUT2D eigenvalue weighted by Crippen LogP contribution is -2.31. The molecule has 0 spiro atoms. The van der Waals surface area contributed by atoms with E-state index in [9.17, 15) is 4.79 Å². The Morgan fingerprint density at radius 1 is 1.53 bits per heavy atom. The van der Waals surface area contributed by atoms with Crippen LogP contribution >= 0.6 is 11.6 Å². The Hall–Kier alpha value is -1.23. The molecule has 0 aromatic carbocycles. The van der Waals surface area contributed by atoms with E-state index < -0.39 is 0 Å². The van der Waals surface area contributed by atoms with Gasteiger partial charge in [-0.15, -0.1) is 0 Å². The van der Waals surface area contributed by atoms with Gasteiger partial charge in [-0.2, -0.15) is 5.10 Å². The standard InChI is InChI=1S/C9H13ClN4O/c10-7-5-8(11)12-14(7)6-9(15)13-3-1-2-4-13/h5H,1-4,6H2,(H2,11,12). The summed E-state index contributed by atoms with van der Waals surface area (Å²) in [4.78, 5) is 13.6. The van der Waals surface area contributed by atoms with Crippen molar-refractivity contribution in [3.8, 4) is 0 Å². The molecule has 82 valence electrons. The largest absolute Gasteiger partial charge is 0.382 e. The molecule has 1 fully saturated rings. The van der Waals surface area contributed by atoms with Crippen molar-refractivity contribution in [3.05, 3.63) is 11.2 Å². The number of aromatic nitrogens is 2. The maximum Gasteiger partial charge on any atom is 0.244 e. The number of nitrogens with zero attached hydrogens (tertiary/aromatic N) is 3. The van der Waals surface area contributed by atoms with Gasteiger partial charge < -0.3 is 10.6 Å². The summed E-state index contributed by atoms with van der Waals surface area (Å²) in [6, 6.07) is 1.54. The topological polar surface area (TPSA) is 64.2 Å². The van der Waals surface area contributed by atoms with Crippen LogP contribution in [-0.4, -0.2) is 33.7 Å². The van der Waals surface area contributed by atoms with E-state index in [0.29, 0.717) is 11.0 Å². The Labute approximate surface area is 92.8 Å². The van der Waals surface area contributed by atoms with Gasteiger partial charge in [0.15, 0.2) is 0 Å². The highest BCUT2D eigenvalue weighted by atomic mass is 35.5.